The Morgan fingerprint density at radius 2 is 1.42 bits per heavy atom. The summed E-state index contributed by atoms with van der Waals surface area (Å²) in [5.74, 6) is 0. The molecule has 24 heavy (non-hydrogen) atoms. The maximum atomic E-state index is 4.55. The van der Waals surface area contributed by atoms with Crippen molar-refractivity contribution in [3.8, 4) is 0 Å². The Morgan fingerprint density at radius 3 is 2.21 bits per heavy atom. The SMILES string of the molecule is C(=C\[C@H](c1ccccc1)n1cnc2ccccc21)/c1ccccc1. The van der Waals surface area contributed by atoms with E-state index in [2.05, 4.69) is 88.4 Å². The van der Waals surface area contributed by atoms with Crippen molar-refractivity contribution < 1.29 is 0 Å². The van der Waals surface area contributed by atoms with Crippen LogP contribution >= 0.6 is 0 Å². The van der Waals surface area contributed by atoms with Crippen LogP contribution in [0.2, 0.25) is 0 Å². The molecule has 0 unspecified atom stereocenters. The maximum Gasteiger partial charge on any atom is 0.0966 e. The highest BCUT2D eigenvalue weighted by molar-refractivity contribution is 5.75. The third kappa shape index (κ3) is 2.86. The summed E-state index contributed by atoms with van der Waals surface area (Å²) < 4.78 is 2.23. The fourth-order valence-electron chi connectivity index (χ4n) is 2.98. The van der Waals surface area contributed by atoms with E-state index in [4.69, 9.17) is 0 Å². The Labute approximate surface area is 141 Å². The molecule has 1 aromatic heterocycles. The second kappa shape index (κ2) is 6.55. The number of benzene rings is 3. The molecule has 4 aromatic rings. The summed E-state index contributed by atoms with van der Waals surface area (Å²) in [6.45, 7) is 0. The Balaban J connectivity index is 1.80. The first-order valence-electron chi connectivity index (χ1n) is 8.11. The van der Waals surface area contributed by atoms with Crippen molar-refractivity contribution in [3.63, 3.8) is 0 Å². The van der Waals surface area contributed by atoms with Gasteiger partial charge in [-0.05, 0) is 23.3 Å². The lowest BCUT2D eigenvalue weighted by atomic mass is 10.0. The quantitative estimate of drug-likeness (QED) is 0.497. The van der Waals surface area contributed by atoms with Gasteiger partial charge in [-0.1, -0.05) is 84.9 Å². The molecule has 4 rings (SSSR count). The predicted molar refractivity (Wildman–Crippen MR) is 99.8 cm³/mol. The summed E-state index contributed by atoms with van der Waals surface area (Å²) in [6.07, 6.45) is 6.34. The van der Waals surface area contributed by atoms with Crippen molar-refractivity contribution in [1.29, 1.82) is 0 Å². The number of para-hydroxylation sites is 2. The normalized spacial score (nSPS) is 12.7. The zero-order chi connectivity index (χ0) is 16.2. The molecule has 0 N–H and O–H groups in total. The average Bonchev–Trinajstić information content (AvgIpc) is 3.08. The van der Waals surface area contributed by atoms with Gasteiger partial charge in [0.2, 0.25) is 0 Å². The van der Waals surface area contributed by atoms with Crippen molar-refractivity contribution in [2.45, 2.75) is 6.04 Å². The first-order valence-corrected chi connectivity index (χ1v) is 8.11. The Bertz CT molecular complexity index is 953. The van der Waals surface area contributed by atoms with Crippen LogP contribution in [0.15, 0.2) is 97.3 Å². The lowest BCUT2D eigenvalue weighted by Crippen LogP contribution is -2.06. The minimum atomic E-state index is 0.110. The number of hydrogen-bond acceptors (Lipinski definition) is 1. The fraction of sp³-hybridized carbons (Fsp3) is 0.0455. The van der Waals surface area contributed by atoms with E-state index in [1.807, 2.05) is 24.5 Å². The van der Waals surface area contributed by atoms with Gasteiger partial charge in [-0.25, -0.2) is 4.98 Å². The minimum Gasteiger partial charge on any atom is -0.319 e. The molecule has 0 amide bonds. The molecule has 0 saturated heterocycles. The van der Waals surface area contributed by atoms with Crippen LogP contribution in [0.25, 0.3) is 17.1 Å². The van der Waals surface area contributed by atoms with Crippen LogP contribution in [0.5, 0.6) is 0 Å². The first-order chi connectivity index (χ1) is 11.9. The van der Waals surface area contributed by atoms with Crippen molar-refractivity contribution in [2.24, 2.45) is 0 Å². The monoisotopic (exact) mass is 310 g/mol. The highest BCUT2D eigenvalue weighted by Gasteiger charge is 2.13. The standard InChI is InChI=1S/C22H18N2/c1-3-9-18(10-4-1)15-16-21(19-11-5-2-6-12-19)24-17-23-20-13-7-8-14-22(20)24/h1-17,21H/b16-15+/t21-/m1/s1. The molecular formula is C22H18N2. The third-order valence-corrected chi connectivity index (χ3v) is 4.19. The van der Waals surface area contributed by atoms with Crippen LogP contribution < -0.4 is 0 Å². The van der Waals surface area contributed by atoms with Gasteiger partial charge in [0, 0.05) is 0 Å². The molecule has 0 radical (unpaired) electrons. The molecule has 0 saturated carbocycles. The molecule has 1 atom stereocenters. The number of hydrogen-bond donors (Lipinski definition) is 0. The molecule has 0 fully saturated rings. The van der Waals surface area contributed by atoms with E-state index in [-0.39, 0.29) is 6.04 Å². The lowest BCUT2D eigenvalue weighted by molar-refractivity contribution is 0.723. The molecule has 2 nitrogen and oxygen atoms in total. The van der Waals surface area contributed by atoms with Crippen LogP contribution in [0.4, 0.5) is 0 Å². The topological polar surface area (TPSA) is 17.8 Å². The summed E-state index contributed by atoms with van der Waals surface area (Å²) in [5.41, 5.74) is 4.60. The van der Waals surface area contributed by atoms with Crippen LogP contribution in [0.1, 0.15) is 17.2 Å². The zero-order valence-electron chi connectivity index (χ0n) is 13.3. The van der Waals surface area contributed by atoms with E-state index in [9.17, 15) is 0 Å². The van der Waals surface area contributed by atoms with Crippen LogP contribution in [0.3, 0.4) is 0 Å². The van der Waals surface area contributed by atoms with Gasteiger partial charge in [0.05, 0.1) is 23.4 Å². The first kappa shape index (κ1) is 14.5. The van der Waals surface area contributed by atoms with Gasteiger partial charge >= 0.3 is 0 Å². The second-order valence-corrected chi connectivity index (χ2v) is 5.77. The van der Waals surface area contributed by atoms with E-state index in [1.165, 1.54) is 11.1 Å². The van der Waals surface area contributed by atoms with E-state index in [0.717, 1.165) is 11.0 Å². The van der Waals surface area contributed by atoms with Crippen LogP contribution in [-0.2, 0) is 0 Å². The zero-order valence-corrected chi connectivity index (χ0v) is 13.3. The average molecular weight is 310 g/mol. The number of fused-ring (bicyclic) bond motifs is 1. The van der Waals surface area contributed by atoms with Crippen molar-refractivity contribution in [3.05, 3.63) is 108 Å². The van der Waals surface area contributed by atoms with Crippen LogP contribution in [0, 0.1) is 0 Å². The predicted octanol–water partition coefficient (Wildman–Crippen LogP) is 5.34. The van der Waals surface area contributed by atoms with Gasteiger partial charge in [-0.15, -0.1) is 0 Å². The Hall–Kier alpha value is -3.13. The fourth-order valence-corrected chi connectivity index (χ4v) is 2.98. The molecule has 1 heterocycles. The van der Waals surface area contributed by atoms with E-state index >= 15 is 0 Å². The largest absolute Gasteiger partial charge is 0.319 e. The number of aromatic nitrogens is 2. The molecule has 0 aliphatic heterocycles. The highest BCUT2D eigenvalue weighted by Crippen LogP contribution is 2.25. The summed E-state index contributed by atoms with van der Waals surface area (Å²) in [4.78, 5) is 4.55. The Kier molecular flexibility index (Phi) is 3.95. The Morgan fingerprint density at radius 1 is 0.750 bits per heavy atom. The van der Waals surface area contributed by atoms with E-state index < -0.39 is 0 Å². The van der Waals surface area contributed by atoms with E-state index in [1.54, 1.807) is 0 Å². The molecule has 0 bridgehead atoms. The molecular weight excluding hydrogens is 292 g/mol. The third-order valence-electron chi connectivity index (χ3n) is 4.19. The van der Waals surface area contributed by atoms with Crippen molar-refractivity contribution >= 4 is 17.1 Å². The van der Waals surface area contributed by atoms with Crippen molar-refractivity contribution in [1.82, 2.24) is 9.55 Å². The van der Waals surface area contributed by atoms with Gasteiger partial charge in [0.1, 0.15) is 0 Å². The van der Waals surface area contributed by atoms with Gasteiger partial charge in [-0.2, -0.15) is 0 Å². The summed E-state index contributed by atoms with van der Waals surface area (Å²) >= 11 is 0. The highest BCUT2D eigenvalue weighted by atomic mass is 15.1. The van der Waals surface area contributed by atoms with Gasteiger partial charge in [0.25, 0.3) is 0 Å². The van der Waals surface area contributed by atoms with Gasteiger partial charge in [0.15, 0.2) is 0 Å². The maximum absolute atomic E-state index is 4.55. The molecule has 0 spiro atoms. The smallest absolute Gasteiger partial charge is 0.0966 e. The van der Waals surface area contributed by atoms with Crippen molar-refractivity contribution in [2.75, 3.05) is 0 Å². The van der Waals surface area contributed by atoms with Gasteiger partial charge in [-0.3, -0.25) is 0 Å². The molecule has 116 valence electrons. The number of imidazole rings is 1. The minimum absolute atomic E-state index is 0.110. The summed E-state index contributed by atoms with van der Waals surface area (Å²) in [5, 5.41) is 0. The van der Waals surface area contributed by atoms with Crippen LogP contribution in [-0.4, -0.2) is 9.55 Å². The molecule has 3 aromatic carbocycles. The summed E-state index contributed by atoms with van der Waals surface area (Å²) in [7, 11) is 0. The second-order valence-electron chi connectivity index (χ2n) is 5.77. The molecule has 0 aliphatic carbocycles. The molecule has 2 heteroatoms. The number of rotatable bonds is 4. The number of allylic oxidation sites excluding steroid dienone is 1. The summed E-state index contributed by atoms with van der Waals surface area (Å²) in [6, 6.07) is 29.3. The lowest BCUT2D eigenvalue weighted by Gasteiger charge is -2.16. The molecule has 0 aliphatic rings. The number of nitrogens with zero attached hydrogens (tertiary/aromatic N) is 2. The van der Waals surface area contributed by atoms with E-state index in [0.29, 0.717) is 0 Å². The van der Waals surface area contributed by atoms with Gasteiger partial charge < -0.3 is 4.57 Å².